The number of carbonyl (C=O) groups is 1. The fraction of sp³-hybridized carbons (Fsp3) is 0.500. The summed E-state index contributed by atoms with van der Waals surface area (Å²) in [6, 6.07) is 8.46. The van der Waals surface area contributed by atoms with Gasteiger partial charge >= 0.3 is 0 Å². The molecule has 0 unspecified atom stereocenters. The molecule has 0 heterocycles. The maximum absolute atomic E-state index is 11.9. The Balaban J connectivity index is 2.76. The molecule has 3 heteroatoms. The SMILES string of the molecule is Cc1cccc(CN(C(=O)CCN)C(C)C)c1. The molecule has 0 aromatic heterocycles. The zero-order valence-corrected chi connectivity index (χ0v) is 10.9. The highest BCUT2D eigenvalue weighted by atomic mass is 16.2. The monoisotopic (exact) mass is 234 g/mol. The van der Waals surface area contributed by atoms with Gasteiger partial charge in [0.1, 0.15) is 0 Å². The van der Waals surface area contributed by atoms with Crippen molar-refractivity contribution in [1.82, 2.24) is 4.90 Å². The Kier molecular flexibility index (Phi) is 5.16. The highest BCUT2D eigenvalue weighted by molar-refractivity contribution is 5.76. The van der Waals surface area contributed by atoms with Crippen molar-refractivity contribution in [2.24, 2.45) is 5.73 Å². The van der Waals surface area contributed by atoms with Crippen molar-refractivity contribution in [3.8, 4) is 0 Å². The van der Waals surface area contributed by atoms with Gasteiger partial charge in [-0.25, -0.2) is 0 Å². The second-order valence-electron chi connectivity index (χ2n) is 4.64. The molecule has 3 nitrogen and oxygen atoms in total. The second-order valence-corrected chi connectivity index (χ2v) is 4.64. The largest absolute Gasteiger partial charge is 0.336 e. The van der Waals surface area contributed by atoms with Crippen molar-refractivity contribution in [1.29, 1.82) is 0 Å². The molecule has 1 rings (SSSR count). The number of nitrogens with two attached hydrogens (primary N) is 1. The van der Waals surface area contributed by atoms with Gasteiger partial charge < -0.3 is 10.6 Å². The van der Waals surface area contributed by atoms with Gasteiger partial charge in [0, 0.05) is 25.6 Å². The number of benzene rings is 1. The van der Waals surface area contributed by atoms with E-state index >= 15 is 0 Å². The third kappa shape index (κ3) is 4.19. The summed E-state index contributed by atoms with van der Waals surface area (Å²) in [6.45, 7) is 7.20. The first-order valence-corrected chi connectivity index (χ1v) is 6.09. The number of aryl methyl sites for hydroxylation is 1. The summed E-state index contributed by atoms with van der Waals surface area (Å²) in [5, 5.41) is 0. The topological polar surface area (TPSA) is 46.3 Å². The van der Waals surface area contributed by atoms with E-state index in [0.717, 1.165) is 0 Å². The minimum Gasteiger partial charge on any atom is -0.336 e. The molecule has 0 aliphatic carbocycles. The highest BCUT2D eigenvalue weighted by Crippen LogP contribution is 2.11. The van der Waals surface area contributed by atoms with Crippen LogP contribution in [0.25, 0.3) is 0 Å². The van der Waals surface area contributed by atoms with Gasteiger partial charge in [-0.2, -0.15) is 0 Å². The van der Waals surface area contributed by atoms with Crippen LogP contribution in [0.2, 0.25) is 0 Å². The van der Waals surface area contributed by atoms with E-state index in [2.05, 4.69) is 25.1 Å². The van der Waals surface area contributed by atoms with Gasteiger partial charge in [0.2, 0.25) is 5.91 Å². The van der Waals surface area contributed by atoms with Crippen LogP contribution in [0, 0.1) is 6.92 Å². The van der Waals surface area contributed by atoms with Crippen molar-refractivity contribution in [2.45, 2.75) is 39.8 Å². The number of rotatable bonds is 5. The van der Waals surface area contributed by atoms with Gasteiger partial charge in [-0.1, -0.05) is 29.8 Å². The van der Waals surface area contributed by atoms with Crippen LogP contribution in [0.4, 0.5) is 0 Å². The Morgan fingerprint density at radius 1 is 1.41 bits per heavy atom. The van der Waals surface area contributed by atoms with E-state index in [0.29, 0.717) is 19.5 Å². The minimum atomic E-state index is 0.129. The number of amides is 1. The smallest absolute Gasteiger partial charge is 0.224 e. The third-order valence-corrected chi connectivity index (χ3v) is 2.74. The Morgan fingerprint density at radius 3 is 2.65 bits per heavy atom. The quantitative estimate of drug-likeness (QED) is 0.848. The molecule has 1 amide bonds. The van der Waals surface area contributed by atoms with Crippen LogP contribution in [0.15, 0.2) is 24.3 Å². The Labute approximate surface area is 104 Å². The molecule has 0 aliphatic heterocycles. The molecule has 17 heavy (non-hydrogen) atoms. The normalized spacial score (nSPS) is 10.6. The van der Waals surface area contributed by atoms with Gasteiger partial charge in [-0.05, 0) is 26.3 Å². The van der Waals surface area contributed by atoms with E-state index in [1.165, 1.54) is 11.1 Å². The minimum absolute atomic E-state index is 0.129. The Hall–Kier alpha value is -1.35. The standard InChI is InChI=1S/C14H22N2O/c1-11(2)16(14(17)7-8-15)10-13-6-4-5-12(3)9-13/h4-6,9,11H,7-8,10,15H2,1-3H3. The first-order chi connectivity index (χ1) is 8.04. The molecule has 0 bridgehead atoms. The van der Waals surface area contributed by atoms with Crippen LogP contribution in [-0.2, 0) is 11.3 Å². The molecule has 0 spiro atoms. The van der Waals surface area contributed by atoms with Crippen molar-refractivity contribution >= 4 is 5.91 Å². The van der Waals surface area contributed by atoms with Crippen molar-refractivity contribution in [3.05, 3.63) is 35.4 Å². The van der Waals surface area contributed by atoms with E-state index < -0.39 is 0 Å². The average Bonchev–Trinajstić information content (AvgIpc) is 2.26. The van der Waals surface area contributed by atoms with E-state index in [1.807, 2.05) is 24.8 Å². The first kappa shape index (κ1) is 13.7. The zero-order chi connectivity index (χ0) is 12.8. The van der Waals surface area contributed by atoms with Crippen LogP contribution in [0.1, 0.15) is 31.4 Å². The molecule has 0 saturated carbocycles. The summed E-state index contributed by atoms with van der Waals surface area (Å²) < 4.78 is 0. The molecule has 1 aromatic rings. The maximum atomic E-state index is 11.9. The van der Waals surface area contributed by atoms with Crippen LogP contribution in [-0.4, -0.2) is 23.4 Å². The molecule has 0 fully saturated rings. The van der Waals surface area contributed by atoms with Crippen molar-refractivity contribution in [3.63, 3.8) is 0 Å². The Bertz CT molecular complexity index is 374. The van der Waals surface area contributed by atoms with Crippen LogP contribution in [0.3, 0.4) is 0 Å². The lowest BCUT2D eigenvalue weighted by atomic mass is 10.1. The number of hydrogen-bond acceptors (Lipinski definition) is 2. The van der Waals surface area contributed by atoms with Gasteiger partial charge in [-0.15, -0.1) is 0 Å². The molecular weight excluding hydrogens is 212 g/mol. The molecule has 2 N–H and O–H groups in total. The number of nitrogens with zero attached hydrogens (tertiary/aromatic N) is 1. The summed E-state index contributed by atoms with van der Waals surface area (Å²) in [4.78, 5) is 13.8. The van der Waals surface area contributed by atoms with Gasteiger partial charge in [0.05, 0.1) is 0 Å². The van der Waals surface area contributed by atoms with Crippen molar-refractivity contribution < 1.29 is 4.79 Å². The lowest BCUT2D eigenvalue weighted by Gasteiger charge is -2.27. The van der Waals surface area contributed by atoms with E-state index in [1.54, 1.807) is 0 Å². The van der Waals surface area contributed by atoms with Crippen LogP contribution >= 0.6 is 0 Å². The fourth-order valence-electron chi connectivity index (χ4n) is 1.83. The fourth-order valence-corrected chi connectivity index (χ4v) is 1.83. The zero-order valence-electron chi connectivity index (χ0n) is 10.9. The lowest BCUT2D eigenvalue weighted by Crippen LogP contribution is -2.37. The molecule has 94 valence electrons. The van der Waals surface area contributed by atoms with Gasteiger partial charge in [0.15, 0.2) is 0 Å². The second kappa shape index (κ2) is 6.40. The van der Waals surface area contributed by atoms with Gasteiger partial charge in [0.25, 0.3) is 0 Å². The van der Waals surface area contributed by atoms with E-state index in [4.69, 9.17) is 5.73 Å². The summed E-state index contributed by atoms with van der Waals surface area (Å²) in [7, 11) is 0. The Morgan fingerprint density at radius 2 is 2.12 bits per heavy atom. The molecule has 0 saturated heterocycles. The lowest BCUT2D eigenvalue weighted by molar-refractivity contribution is -0.133. The molecular formula is C14H22N2O. The molecule has 0 aliphatic rings. The van der Waals surface area contributed by atoms with E-state index in [-0.39, 0.29) is 11.9 Å². The summed E-state index contributed by atoms with van der Waals surface area (Å²) in [5.74, 6) is 0.129. The predicted molar refractivity (Wildman–Crippen MR) is 70.5 cm³/mol. The number of hydrogen-bond donors (Lipinski definition) is 1. The van der Waals surface area contributed by atoms with Crippen LogP contribution < -0.4 is 5.73 Å². The highest BCUT2D eigenvalue weighted by Gasteiger charge is 2.16. The summed E-state index contributed by atoms with van der Waals surface area (Å²) >= 11 is 0. The summed E-state index contributed by atoms with van der Waals surface area (Å²) in [5.41, 5.74) is 7.83. The van der Waals surface area contributed by atoms with Crippen molar-refractivity contribution in [2.75, 3.05) is 6.54 Å². The third-order valence-electron chi connectivity index (χ3n) is 2.74. The average molecular weight is 234 g/mol. The molecule has 1 aromatic carbocycles. The molecule has 0 radical (unpaired) electrons. The molecule has 0 atom stereocenters. The maximum Gasteiger partial charge on any atom is 0.224 e. The van der Waals surface area contributed by atoms with Crippen LogP contribution in [0.5, 0.6) is 0 Å². The predicted octanol–water partition coefficient (Wildman–Crippen LogP) is 2.08. The van der Waals surface area contributed by atoms with E-state index in [9.17, 15) is 4.79 Å². The first-order valence-electron chi connectivity index (χ1n) is 6.09. The van der Waals surface area contributed by atoms with Gasteiger partial charge in [-0.3, -0.25) is 4.79 Å². The summed E-state index contributed by atoms with van der Waals surface area (Å²) in [6.07, 6.45) is 0.421. The number of carbonyl (C=O) groups excluding carboxylic acids is 1.